The summed E-state index contributed by atoms with van der Waals surface area (Å²) in [7, 11) is -1.32. The van der Waals surface area contributed by atoms with E-state index in [4.69, 9.17) is 4.98 Å². The first kappa shape index (κ1) is 26.9. The van der Waals surface area contributed by atoms with Crippen LogP contribution >= 0.6 is 0 Å². The maximum Gasteiger partial charge on any atom is 0.175 e. The third kappa shape index (κ3) is 5.16. The maximum atomic E-state index is 15.4. The molecular weight excluding hydrogens is 511 g/mol. The summed E-state index contributed by atoms with van der Waals surface area (Å²) in [5, 5.41) is 0. The molecule has 3 aliphatic rings. The number of fused-ring (bicyclic) bond motifs is 3. The second-order valence-corrected chi connectivity index (χ2v) is 14.6. The van der Waals surface area contributed by atoms with Gasteiger partial charge in [0.05, 0.1) is 15.9 Å². The third-order valence-corrected chi connectivity index (χ3v) is 10.6. The van der Waals surface area contributed by atoms with Crippen LogP contribution in [0.2, 0.25) is 0 Å². The number of aromatic nitrogens is 2. The van der Waals surface area contributed by atoms with E-state index in [1.165, 1.54) is 38.5 Å². The third-order valence-electron chi connectivity index (χ3n) is 9.46. The minimum Gasteiger partial charge on any atom is -0.327 e. The Balaban J connectivity index is 1.16. The van der Waals surface area contributed by atoms with E-state index >= 15 is 4.39 Å². The fourth-order valence-electron chi connectivity index (χ4n) is 7.49. The molecule has 0 aliphatic carbocycles. The lowest BCUT2D eigenvalue weighted by Gasteiger charge is -2.46. The quantitative estimate of drug-likeness (QED) is 0.398. The number of rotatable bonds is 6. The molecule has 0 saturated carbocycles. The van der Waals surface area contributed by atoms with Gasteiger partial charge < -0.3 is 9.47 Å². The highest BCUT2D eigenvalue weighted by Crippen LogP contribution is 2.40. The van der Waals surface area contributed by atoms with Crippen LogP contribution in [0.15, 0.2) is 41.3 Å². The van der Waals surface area contributed by atoms with Crippen molar-refractivity contribution >= 4 is 20.9 Å². The molecule has 39 heavy (non-hydrogen) atoms. The van der Waals surface area contributed by atoms with Crippen molar-refractivity contribution < 1.29 is 12.8 Å². The summed E-state index contributed by atoms with van der Waals surface area (Å²) in [6, 6.07) is 12.5. The Morgan fingerprint density at radius 1 is 0.974 bits per heavy atom. The summed E-state index contributed by atoms with van der Waals surface area (Å²) in [5.41, 5.74) is 3.15. The van der Waals surface area contributed by atoms with Gasteiger partial charge in [0.2, 0.25) is 0 Å². The van der Waals surface area contributed by atoms with Crippen molar-refractivity contribution in [1.29, 1.82) is 0 Å². The smallest absolute Gasteiger partial charge is 0.175 e. The zero-order chi connectivity index (χ0) is 27.5. The molecule has 3 saturated heterocycles. The summed E-state index contributed by atoms with van der Waals surface area (Å²) in [4.78, 5) is 10.5. The summed E-state index contributed by atoms with van der Waals surface area (Å²) < 4.78 is 41.1. The lowest BCUT2D eigenvalue weighted by molar-refractivity contribution is 0.0402. The minimum absolute atomic E-state index is 0.168. The lowest BCUT2D eigenvalue weighted by atomic mass is 9.86. The molecule has 0 N–H and O–H groups in total. The van der Waals surface area contributed by atoms with Crippen molar-refractivity contribution in [2.24, 2.45) is 13.0 Å². The number of hydrogen-bond acceptors (Lipinski definition) is 5. The Hall–Kier alpha value is -2.29. The van der Waals surface area contributed by atoms with Crippen LogP contribution in [0.5, 0.6) is 0 Å². The number of imidazole rings is 1. The molecule has 2 atom stereocenters. The van der Waals surface area contributed by atoms with Gasteiger partial charge in [0.15, 0.2) is 9.84 Å². The molecule has 1 aromatic heterocycles. The molecule has 0 radical (unpaired) electrons. The molecule has 0 amide bonds. The Labute approximate surface area is 232 Å². The predicted molar refractivity (Wildman–Crippen MR) is 154 cm³/mol. The van der Waals surface area contributed by atoms with Gasteiger partial charge in [-0.25, -0.2) is 17.8 Å². The Kier molecular flexibility index (Phi) is 7.09. The first-order valence-corrected chi connectivity index (χ1v) is 16.4. The number of likely N-dealkylation sites (tertiary alicyclic amines) is 1. The van der Waals surface area contributed by atoms with Gasteiger partial charge in [0.25, 0.3) is 0 Å². The van der Waals surface area contributed by atoms with Gasteiger partial charge in [-0.05, 0) is 99.3 Å². The largest absolute Gasteiger partial charge is 0.327 e. The van der Waals surface area contributed by atoms with Gasteiger partial charge in [-0.15, -0.1) is 0 Å². The van der Waals surface area contributed by atoms with Gasteiger partial charge >= 0.3 is 0 Å². The zero-order valence-corrected chi connectivity index (χ0v) is 24.4. The number of nitrogens with zero attached hydrogens (tertiary/aromatic N) is 4. The Morgan fingerprint density at radius 3 is 2.21 bits per heavy atom. The van der Waals surface area contributed by atoms with E-state index in [1.54, 1.807) is 30.3 Å². The fraction of sp³-hybridized carbons (Fsp3) is 0.581. The molecule has 6 rings (SSSR count). The number of sulfone groups is 1. The molecule has 3 fully saturated rings. The number of hydrogen-bond donors (Lipinski definition) is 0. The Morgan fingerprint density at radius 2 is 1.62 bits per heavy atom. The number of benzene rings is 2. The molecule has 0 spiro atoms. The van der Waals surface area contributed by atoms with Crippen LogP contribution in [0.4, 0.5) is 4.39 Å². The van der Waals surface area contributed by atoms with E-state index < -0.39 is 9.84 Å². The van der Waals surface area contributed by atoms with Crippen LogP contribution in [0.3, 0.4) is 0 Å². The standard InChI is InChI=1S/C31H41FN4O2S/c1-20(2)19-36-23-7-8-24(36)16-25(15-23)35-13-11-21(12-14-35)27-17-30-29(18-28(27)32)33-31(34(30)3)22-5-9-26(10-6-22)39(4,37)38/h5-6,9-10,17-18,20-21,23-25H,7-8,11-16,19H2,1-4H3. The van der Waals surface area contributed by atoms with E-state index in [2.05, 4.69) is 23.6 Å². The number of halogens is 1. The molecule has 210 valence electrons. The summed E-state index contributed by atoms with van der Waals surface area (Å²) in [6.07, 6.45) is 8.46. The molecule has 3 aliphatic heterocycles. The van der Waals surface area contributed by atoms with E-state index in [9.17, 15) is 8.42 Å². The molecule has 4 heterocycles. The second kappa shape index (κ2) is 10.3. The molecular formula is C31H41FN4O2S. The Bertz CT molecular complexity index is 1440. The number of piperidine rings is 2. The average molecular weight is 553 g/mol. The molecule has 2 unspecified atom stereocenters. The van der Waals surface area contributed by atoms with Crippen molar-refractivity contribution in [3.63, 3.8) is 0 Å². The van der Waals surface area contributed by atoms with E-state index in [-0.39, 0.29) is 16.6 Å². The van der Waals surface area contributed by atoms with Crippen molar-refractivity contribution in [2.75, 3.05) is 25.9 Å². The molecule has 8 heteroatoms. The summed E-state index contributed by atoms with van der Waals surface area (Å²) >= 11 is 0. The van der Waals surface area contributed by atoms with Gasteiger partial charge in [-0.2, -0.15) is 0 Å². The van der Waals surface area contributed by atoms with Gasteiger partial charge in [-0.3, -0.25) is 4.90 Å². The molecule has 2 aromatic carbocycles. The van der Waals surface area contributed by atoms with Crippen LogP contribution in [0.25, 0.3) is 22.4 Å². The SMILES string of the molecule is CC(C)CN1C2CCC1CC(N1CCC(c3cc4c(cc3F)nc(-c3ccc(S(C)(=O)=O)cc3)n4C)CC1)C2. The van der Waals surface area contributed by atoms with Crippen LogP contribution in [-0.2, 0) is 16.9 Å². The summed E-state index contributed by atoms with van der Waals surface area (Å²) in [6.45, 7) is 7.97. The molecule has 6 nitrogen and oxygen atoms in total. The van der Waals surface area contributed by atoms with Crippen LogP contribution in [0.1, 0.15) is 63.9 Å². The normalized spacial score (nSPS) is 25.2. The van der Waals surface area contributed by atoms with E-state index in [0.717, 1.165) is 60.6 Å². The summed E-state index contributed by atoms with van der Waals surface area (Å²) in [5.74, 6) is 1.48. The van der Waals surface area contributed by atoms with E-state index in [1.807, 2.05) is 17.7 Å². The number of aryl methyl sites for hydroxylation is 1. The van der Waals surface area contributed by atoms with Crippen LogP contribution in [0, 0.1) is 11.7 Å². The van der Waals surface area contributed by atoms with Crippen LogP contribution in [-0.4, -0.2) is 71.8 Å². The molecule has 3 aromatic rings. The predicted octanol–water partition coefficient (Wildman–Crippen LogP) is 5.61. The zero-order valence-electron chi connectivity index (χ0n) is 23.6. The second-order valence-electron chi connectivity index (χ2n) is 12.6. The van der Waals surface area contributed by atoms with Gasteiger partial charge in [0.1, 0.15) is 11.6 Å². The average Bonchev–Trinajstić information content (AvgIpc) is 3.32. The van der Waals surface area contributed by atoms with E-state index in [0.29, 0.717) is 17.4 Å². The fourth-order valence-corrected chi connectivity index (χ4v) is 8.12. The first-order chi connectivity index (χ1) is 18.6. The monoisotopic (exact) mass is 552 g/mol. The van der Waals surface area contributed by atoms with Gasteiger partial charge in [0, 0.05) is 49.6 Å². The topological polar surface area (TPSA) is 58.4 Å². The van der Waals surface area contributed by atoms with Crippen molar-refractivity contribution in [3.8, 4) is 11.4 Å². The van der Waals surface area contributed by atoms with Crippen molar-refractivity contribution in [2.45, 2.75) is 81.3 Å². The van der Waals surface area contributed by atoms with Crippen molar-refractivity contribution in [1.82, 2.24) is 19.4 Å². The van der Waals surface area contributed by atoms with Gasteiger partial charge in [-0.1, -0.05) is 13.8 Å². The van der Waals surface area contributed by atoms with Crippen LogP contribution < -0.4 is 0 Å². The highest BCUT2D eigenvalue weighted by atomic mass is 32.2. The minimum atomic E-state index is -3.26. The molecule has 2 bridgehead atoms. The highest BCUT2D eigenvalue weighted by Gasteiger charge is 2.43. The van der Waals surface area contributed by atoms with Crippen molar-refractivity contribution in [3.05, 3.63) is 47.8 Å². The maximum absolute atomic E-state index is 15.4. The first-order valence-electron chi connectivity index (χ1n) is 14.5. The lowest BCUT2D eigenvalue weighted by Crippen LogP contribution is -2.52. The highest BCUT2D eigenvalue weighted by molar-refractivity contribution is 7.90.